The molecule has 86 valence electrons. The highest BCUT2D eigenvalue weighted by Gasteiger charge is 2.27. The fraction of sp³-hybridized carbons (Fsp3) is 0.917. The minimum atomic E-state index is 0.355. The third-order valence-electron chi connectivity index (χ3n) is 3.99. The molecule has 0 spiro atoms. The summed E-state index contributed by atoms with van der Waals surface area (Å²) in [7, 11) is 2.20. The molecule has 0 unspecified atom stereocenters. The van der Waals surface area contributed by atoms with Crippen molar-refractivity contribution in [3.8, 4) is 0 Å². The summed E-state index contributed by atoms with van der Waals surface area (Å²) in [4.78, 5) is 15.7. The molecular formula is C12H22N2O. The van der Waals surface area contributed by atoms with Gasteiger partial charge in [0.1, 0.15) is 6.29 Å². The summed E-state index contributed by atoms with van der Waals surface area (Å²) in [5, 5.41) is 0. The van der Waals surface area contributed by atoms with Crippen LogP contribution in [0.2, 0.25) is 0 Å². The molecule has 0 aromatic carbocycles. The third-order valence-corrected chi connectivity index (χ3v) is 3.99. The van der Waals surface area contributed by atoms with Crippen molar-refractivity contribution in [2.45, 2.75) is 31.7 Å². The summed E-state index contributed by atoms with van der Waals surface area (Å²) in [5.41, 5.74) is 0. The van der Waals surface area contributed by atoms with Gasteiger partial charge in [0.15, 0.2) is 0 Å². The first kappa shape index (κ1) is 11.1. The standard InChI is InChI=1S/C12H22N2O/c1-13-6-8-14(9-7-13)12-4-2-11(10-15)3-5-12/h10-12H,2-9H2,1H3. The van der Waals surface area contributed by atoms with Gasteiger partial charge in [-0.1, -0.05) is 0 Å². The molecule has 0 amide bonds. The van der Waals surface area contributed by atoms with E-state index >= 15 is 0 Å². The Morgan fingerprint density at radius 3 is 2.13 bits per heavy atom. The van der Waals surface area contributed by atoms with Crippen molar-refractivity contribution in [3.05, 3.63) is 0 Å². The fourth-order valence-corrected chi connectivity index (χ4v) is 2.79. The SMILES string of the molecule is CN1CCN(C2CCC(C=O)CC2)CC1. The molecule has 2 rings (SSSR count). The van der Waals surface area contributed by atoms with E-state index in [1.807, 2.05) is 0 Å². The lowest BCUT2D eigenvalue weighted by molar-refractivity contribution is -0.112. The van der Waals surface area contributed by atoms with Gasteiger partial charge in [-0.25, -0.2) is 0 Å². The lowest BCUT2D eigenvalue weighted by atomic mass is 9.86. The second-order valence-corrected chi connectivity index (χ2v) is 5.04. The minimum absolute atomic E-state index is 0.355. The van der Waals surface area contributed by atoms with Crippen LogP contribution in [0.1, 0.15) is 25.7 Å². The van der Waals surface area contributed by atoms with Gasteiger partial charge < -0.3 is 9.69 Å². The molecule has 0 aromatic rings. The predicted molar refractivity (Wildman–Crippen MR) is 60.9 cm³/mol. The first-order valence-electron chi connectivity index (χ1n) is 6.17. The Balaban J connectivity index is 1.78. The van der Waals surface area contributed by atoms with E-state index in [0.717, 1.165) is 25.2 Å². The zero-order chi connectivity index (χ0) is 10.7. The minimum Gasteiger partial charge on any atom is -0.304 e. The zero-order valence-electron chi connectivity index (χ0n) is 9.69. The normalized spacial score (nSPS) is 35.3. The quantitative estimate of drug-likeness (QED) is 0.635. The maximum Gasteiger partial charge on any atom is 0.123 e. The molecule has 0 N–H and O–H groups in total. The Kier molecular flexibility index (Phi) is 3.76. The van der Waals surface area contributed by atoms with Crippen molar-refractivity contribution in [1.29, 1.82) is 0 Å². The topological polar surface area (TPSA) is 23.6 Å². The van der Waals surface area contributed by atoms with E-state index in [4.69, 9.17) is 0 Å². The highest BCUT2D eigenvalue weighted by molar-refractivity contribution is 5.53. The van der Waals surface area contributed by atoms with Crippen LogP contribution >= 0.6 is 0 Å². The zero-order valence-corrected chi connectivity index (χ0v) is 9.69. The van der Waals surface area contributed by atoms with Crippen LogP contribution in [0.4, 0.5) is 0 Å². The molecule has 15 heavy (non-hydrogen) atoms. The molecule has 0 bridgehead atoms. The Bertz CT molecular complexity index is 204. The van der Waals surface area contributed by atoms with Crippen LogP contribution in [0.3, 0.4) is 0 Å². The van der Waals surface area contributed by atoms with Gasteiger partial charge in [-0.3, -0.25) is 4.90 Å². The van der Waals surface area contributed by atoms with E-state index in [-0.39, 0.29) is 0 Å². The Labute approximate surface area is 92.4 Å². The van der Waals surface area contributed by atoms with Crippen LogP contribution in [0.15, 0.2) is 0 Å². The molecule has 3 heteroatoms. The summed E-state index contributed by atoms with van der Waals surface area (Å²) in [6.07, 6.45) is 5.83. The second kappa shape index (κ2) is 5.08. The molecule has 1 aliphatic heterocycles. The number of nitrogens with zero attached hydrogens (tertiary/aromatic N) is 2. The summed E-state index contributed by atoms with van der Waals surface area (Å²) < 4.78 is 0. The summed E-state index contributed by atoms with van der Waals surface area (Å²) in [6.45, 7) is 4.83. The monoisotopic (exact) mass is 210 g/mol. The fourth-order valence-electron chi connectivity index (χ4n) is 2.79. The van der Waals surface area contributed by atoms with Gasteiger partial charge >= 0.3 is 0 Å². The average Bonchev–Trinajstić information content (AvgIpc) is 2.30. The van der Waals surface area contributed by atoms with E-state index in [1.165, 1.54) is 39.0 Å². The second-order valence-electron chi connectivity index (χ2n) is 5.04. The number of hydrogen-bond donors (Lipinski definition) is 0. The number of carbonyl (C=O) groups excluding carboxylic acids is 1. The molecule has 0 atom stereocenters. The van der Waals surface area contributed by atoms with Gasteiger partial charge in [0.25, 0.3) is 0 Å². The first-order chi connectivity index (χ1) is 7.29. The van der Waals surface area contributed by atoms with E-state index in [9.17, 15) is 4.79 Å². The number of carbonyl (C=O) groups is 1. The molecule has 1 saturated carbocycles. The van der Waals surface area contributed by atoms with Crippen LogP contribution in [-0.2, 0) is 4.79 Å². The molecule has 3 nitrogen and oxygen atoms in total. The van der Waals surface area contributed by atoms with Crippen LogP contribution in [-0.4, -0.2) is 55.4 Å². The highest BCUT2D eigenvalue weighted by atomic mass is 16.1. The van der Waals surface area contributed by atoms with Gasteiger partial charge in [-0.2, -0.15) is 0 Å². The Morgan fingerprint density at radius 2 is 1.60 bits per heavy atom. The molecule has 1 heterocycles. The highest BCUT2D eigenvalue weighted by Crippen LogP contribution is 2.26. The smallest absolute Gasteiger partial charge is 0.123 e. The van der Waals surface area contributed by atoms with E-state index in [1.54, 1.807) is 0 Å². The third kappa shape index (κ3) is 2.79. The molecular weight excluding hydrogens is 188 g/mol. The molecule has 2 fully saturated rings. The van der Waals surface area contributed by atoms with E-state index in [2.05, 4.69) is 16.8 Å². The molecule has 0 radical (unpaired) electrons. The average molecular weight is 210 g/mol. The molecule has 2 aliphatic rings. The number of aldehydes is 1. The van der Waals surface area contributed by atoms with Crippen molar-refractivity contribution in [3.63, 3.8) is 0 Å². The van der Waals surface area contributed by atoms with Crippen molar-refractivity contribution >= 4 is 6.29 Å². The predicted octanol–water partition coefficient (Wildman–Crippen LogP) is 0.991. The molecule has 1 saturated heterocycles. The Morgan fingerprint density at radius 1 is 1.00 bits per heavy atom. The lowest BCUT2D eigenvalue weighted by Crippen LogP contribution is -2.49. The van der Waals surface area contributed by atoms with Crippen LogP contribution in [0.5, 0.6) is 0 Å². The van der Waals surface area contributed by atoms with Crippen molar-refractivity contribution in [2.24, 2.45) is 5.92 Å². The van der Waals surface area contributed by atoms with Gasteiger partial charge in [-0.15, -0.1) is 0 Å². The lowest BCUT2D eigenvalue weighted by Gasteiger charge is -2.40. The van der Waals surface area contributed by atoms with E-state index < -0.39 is 0 Å². The summed E-state index contributed by atoms with van der Waals surface area (Å²) in [5.74, 6) is 0.355. The summed E-state index contributed by atoms with van der Waals surface area (Å²) in [6, 6.07) is 0.759. The number of hydrogen-bond acceptors (Lipinski definition) is 3. The molecule has 1 aliphatic carbocycles. The van der Waals surface area contributed by atoms with Crippen molar-refractivity contribution < 1.29 is 4.79 Å². The van der Waals surface area contributed by atoms with Crippen molar-refractivity contribution in [2.75, 3.05) is 33.2 Å². The van der Waals surface area contributed by atoms with Gasteiger partial charge in [-0.05, 0) is 32.7 Å². The summed E-state index contributed by atoms with van der Waals surface area (Å²) >= 11 is 0. The maximum absolute atomic E-state index is 10.7. The van der Waals surface area contributed by atoms with Gasteiger partial charge in [0.05, 0.1) is 0 Å². The van der Waals surface area contributed by atoms with Crippen LogP contribution in [0.25, 0.3) is 0 Å². The van der Waals surface area contributed by atoms with Crippen LogP contribution in [0, 0.1) is 5.92 Å². The van der Waals surface area contributed by atoms with Gasteiger partial charge in [0.2, 0.25) is 0 Å². The number of likely N-dealkylation sites (N-methyl/N-ethyl adjacent to an activating group) is 1. The Hall–Kier alpha value is -0.410. The van der Waals surface area contributed by atoms with E-state index in [0.29, 0.717) is 5.92 Å². The number of rotatable bonds is 2. The maximum atomic E-state index is 10.7. The molecule has 0 aromatic heterocycles. The number of piperazine rings is 1. The largest absolute Gasteiger partial charge is 0.304 e. The first-order valence-corrected chi connectivity index (χ1v) is 6.17. The van der Waals surface area contributed by atoms with Crippen molar-refractivity contribution in [1.82, 2.24) is 9.80 Å². The van der Waals surface area contributed by atoms with Gasteiger partial charge in [0, 0.05) is 38.1 Å². The van der Waals surface area contributed by atoms with Crippen LogP contribution < -0.4 is 0 Å².